The molecule has 2 unspecified atom stereocenters. The summed E-state index contributed by atoms with van der Waals surface area (Å²) < 4.78 is 12.9. The molecule has 0 aromatic heterocycles. The lowest BCUT2D eigenvalue weighted by Crippen LogP contribution is -2.57. The van der Waals surface area contributed by atoms with Gasteiger partial charge in [0.15, 0.2) is 0 Å². The van der Waals surface area contributed by atoms with Crippen LogP contribution in [0.15, 0.2) is 24.3 Å². The number of rotatable bonds is 4. The van der Waals surface area contributed by atoms with Crippen LogP contribution in [0.25, 0.3) is 0 Å². The van der Waals surface area contributed by atoms with Gasteiger partial charge in [-0.05, 0) is 36.5 Å². The molecule has 5 heteroatoms. The molecule has 2 atom stereocenters. The molecular weight excluding hydrogens is 281 g/mol. The fourth-order valence-corrected chi connectivity index (χ4v) is 2.85. The monoisotopic (exact) mass is 307 g/mol. The number of halogens is 1. The lowest BCUT2D eigenvalue weighted by Gasteiger charge is -2.44. The number of hydrogen-bond acceptors (Lipinski definition) is 3. The highest BCUT2D eigenvalue weighted by molar-refractivity contribution is 5.81. The maximum Gasteiger partial charge on any atom is 0.237 e. The van der Waals surface area contributed by atoms with Crippen molar-refractivity contribution in [1.82, 2.24) is 10.2 Å². The second kappa shape index (κ2) is 6.75. The molecule has 0 bridgehead atoms. The van der Waals surface area contributed by atoms with Crippen molar-refractivity contribution in [2.24, 2.45) is 11.1 Å². The predicted molar refractivity (Wildman–Crippen MR) is 85.7 cm³/mol. The van der Waals surface area contributed by atoms with Gasteiger partial charge in [0, 0.05) is 25.7 Å². The minimum atomic E-state index is -0.268. The molecule has 3 N–H and O–H groups in total. The SMILES string of the molecule is CC(C(=O)NCc1ccc(F)cc1)N1CCC(N)C(C)(C)C1. The normalized spacial score (nSPS) is 23.0. The average Bonchev–Trinajstić information content (AvgIpc) is 2.48. The Balaban J connectivity index is 1.88. The molecule has 0 aliphatic carbocycles. The number of carbonyl (C=O) groups excluding carboxylic acids is 1. The summed E-state index contributed by atoms with van der Waals surface area (Å²) in [6.07, 6.45) is 0.905. The third-order valence-electron chi connectivity index (χ3n) is 4.65. The number of nitrogens with one attached hydrogen (secondary N) is 1. The van der Waals surface area contributed by atoms with Crippen molar-refractivity contribution in [3.8, 4) is 0 Å². The van der Waals surface area contributed by atoms with Crippen molar-refractivity contribution in [2.45, 2.75) is 45.8 Å². The summed E-state index contributed by atoms with van der Waals surface area (Å²) in [6, 6.07) is 6.16. The largest absolute Gasteiger partial charge is 0.351 e. The van der Waals surface area contributed by atoms with E-state index in [4.69, 9.17) is 5.73 Å². The van der Waals surface area contributed by atoms with Crippen molar-refractivity contribution in [2.75, 3.05) is 13.1 Å². The highest BCUT2D eigenvalue weighted by atomic mass is 19.1. The fraction of sp³-hybridized carbons (Fsp3) is 0.588. The molecular formula is C17H26FN3O. The second-order valence-corrected chi connectivity index (χ2v) is 6.87. The molecule has 0 radical (unpaired) electrons. The average molecular weight is 307 g/mol. The Kier molecular flexibility index (Phi) is 5.19. The molecule has 0 saturated carbocycles. The zero-order valence-electron chi connectivity index (χ0n) is 13.6. The number of benzene rings is 1. The predicted octanol–water partition coefficient (Wildman–Crippen LogP) is 1.89. The van der Waals surface area contributed by atoms with Crippen LogP contribution in [0.1, 0.15) is 32.8 Å². The molecule has 0 spiro atoms. The topological polar surface area (TPSA) is 58.4 Å². The van der Waals surface area contributed by atoms with E-state index >= 15 is 0 Å². The van der Waals surface area contributed by atoms with Crippen LogP contribution in [0.2, 0.25) is 0 Å². The van der Waals surface area contributed by atoms with E-state index in [1.54, 1.807) is 12.1 Å². The van der Waals surface area contributed by atoms with Gasteiger partial charge in [-0.2, -0.15) is 0 Å². The van der Waals surface area contributed by atoms with Gasteiger partial charge < -0.3 is 11.1 Å². The number of likely N-dealkylation sites (tertiary alicyclic amines) is 1. The van der Waals surface area contributed by atoms with Crippen LogP contribution in [0.5, 0.6) is 0 Å². The van der Waals surface area contributed by atoms with Crippen molar-refractivity contribution < 1.29 is 9.18 Å². The number of hydrogen-bond donors (Lipinski definition) is 2. The first-order valence-electron chi connectivity index (χ1n) is 7.81. The molecule has 1 heterocycles. The first kappa shape index (κ1) is 16.9. The first-order valence-corrected chi connectivity index (χ1v) is 7.81. The molecule has 1 aliphatic heterocycles. The third kappa shape index (κ3) is 4.05. The van der Waals surface area contributed by atoms with Crippen LogP contribution in [0.3, 0.4) is 0 Å². The lowest BCUT2D eigenvalue weighted by atomic mass is 9.79. The maximum atomic E-state index is 12.9. The smallest absolute Gasteiger partial charge is 0.237 e. The van der Waals surface area contributed by atoms with Crippen molar-refractivity contribution >= 4 is 5.91 Å². The van der Waals surface area contributed by atoms with E-state index in [1.807, 2.05) is 6.92 Å². The van der Waals surface area contributed by atoms with Gasteiger partial charge >= 0.3 is 0 Å². The van der Waals surface area contributed by atoms with Crippen LogP contribution >= 0.6 is 0 Å². The van der Waals surface area contributed by atoms with Gasteiger partial charge in [-0.1, -0.05) is 26.0 Å². The van der Waals surface area contributed by atoms with Crippen LogP contribution in [0, 0.1) is 11.2 Å². The number of nitrogens with two attached hydrogens (primary N) is 1. The third-order valence-corrected chi connectivity index (χ3v) is 4.65. The molecule has 1 amide bonds. The Hall–Kier alpha value is -1.46. The van der Waals surface area contributed by atoms with E-state index in [1.165, 1.54) is 12.1 Å². The number of piperidine rings is 1. The Bertz CT molecular complexity index is 515. The van der Waals surface area contributed by atoms with Gasteiger partial charge in [0.2, 0.25) is 5.91 Å². The van der Waals surface area contributed by atoms with Crippen LogP contribution in [-0.2, 0) is 11.3 Å². The number of amides is 1. The zero-order chi connectivity index (χ0) is 16.3. The Morgan fingerprint density at radius 2 is 2.09 bits per heavy atom. The Labute approximate surface area is 131 Å². The first-order chi connectivity index (χ1) is 10.3. The van der Waals surface area contributed by atoms with E-state index < -0.39 is 0 Å². The minimum absolute atomic E-state index is 0.00408. The van der Waals surface area contributed by atoms with Gasteiger partial charge in [-0.15, -0.1) is 0 Å². The minimum Gasteiger partial charge on any atom is -0.351 e. The number of nitrogens with zero attached hydrogens (tertiary/aromatic N) is 1. The van der Waals surface area contributed by atoms with E-state index in [-0.39, 0.29) is 29.2 Å². The Morgan fingerprint density at radius 3 is 2.68 bits per heavy atom. The lowest BCUT2D eigenvalue weighted by molar-refractivity contribution is -0.127. The molecule has 1 saturated heterocycles. The van der Waals surface area contributed by atoms with Crippen molar-refractivity contribution in [1.29, 1.82) is 0 Å². The van der Waals surface area contributed by atoms with Crippen LogP contribution in [-0.4, -0.2) is 36.0 Å². The van der Waals surface area contributed by atoms with E-state index in [0.29, 0.717) is 6.54 Å². The molecule has 2 rings (SSSR count). The maximum absolute atomic E-state index is 12.9. The Morgan fingerprint density at radius 1 is 1.45 bits per heavy atom. The van der Waals surface area contributed by atoms with Gasteiger partial charge in [-0.3, -0.25) is 9.69 Å². The summed E-state index contributed by atoms with van der Waals surface area (Å²) >= 11 is 0. The molecule has 4 nitrogen and oxygen atoms in total. The van der Waals surface area contributed by atoms with Crippen LogP contribution < -0.4 is 11.1 Å². The van der Waals surface area contributed by atoms with Gasteiger partial charge in [0.05, 0.1) is 6.04 Å². The highest BCUT2D eigenvalue weighted by Gasteiger charge is 2.36. The molecule has 1 aliphatic rings. The summed E-state index contributed by atoms with van der Waals surface area (Å²) in [7, 11) is 0. The van der Waals surface area contributed by atoms with Crippen molar-refractivity contribution in [3.63, 3.8) is 0 Å². The molecule has 22 heavy (non-hydrogen) atoms. The van der Waals surface area contributed by atoms with Crippen molar-refractivity contribution in [3.05, 3.63) is 35.6 Å². The summed E-state index contributed by atoms with van der Waals surface area (Å²) in [5, 5.41) is 2.92. The number of carbonyl (C=O) groups is 1. The molecule has 1 aromatic carbocycles. The fourth-order valence-electron chi connectivity index (χ4n) is 2.85. The summed E-state index contributed by atoms with van der Waals surface area (Å²) in [5.41, 5.74) is 7.05. The second-order valence-electron chi connectivity index (χ2n) is 6.87. The zero-order valence-corrected chi connectivity index (χ0v) is 13.6. The standard InChI is InChI=1S/C17H26FN3O/c1-12(21-9-8-15(19)17(2,3)11-21)16(22)20-10-13-4-6-14(18)7-5-13/h4-7,12,15H,8-11,19H2,1-3H3,(H,20,22). The highest BCUT2D eigenvalue weighted by Crippen LogP contribution is 2.28. The van der Waals surface area contributed by atoms with Gasteiger partial charge in [-0.25, -0.2) is 4.39 Å². The summed E-state index contributed by atoms with van der Waals surface area (Å²) in [4.78, 5) is 14.5. The van der Waals surface area contributed by atoms with Crippen LogP contribution in [0.4, 0.5) is 4.39 Å². The quantitative estimate of drug-likeness (QED) is 0.893. The van der Waals surface area contributed by atoms with Gasteiger partial charge in [0.1, 0.15) is 5.82 Å². The molecule has 1 aromatic rings. The molecule has 122 valence electrons. The van der Waals surface area contributed by atoms with E-state index in [0.717, 1.165) is 25.1 Å². The summed E-state index contributed by atoms with van der Waals surface area (Å²) in [5.74, 6) is -0.272. The van der Waals surface area contributed by atoms with E-state index in [9.17, 15) is 9.18 Å². The summed E-state index contributed by atoms with van der Waals surface area (Å²) in [6.45, 7) is 8.29. The van der Waals surface area contributed by atoms with Gasteiger partial charge in [0.25, 0.3) is 0 Å². The molecule has 1 fully saturated rings. The van der Waals surface area contributed by atoms with E-state index in [2.05, 4.69) is 24.1 Å².